The van der Waals surface area contributed by atoms with E-state index in [1.165, 1.54) is 4.90 Å². The zero-order chi connectivity index (χ0) is 26.0. The van der Waals surface area contributed by atoms with Crippen molar-refractivity contribution in [2.75, 3.05) is 13.1 Å². The summed E-state index contributed by atoms with van der Waals surface area (Å²) in [5.41, 5.74) is 16.1. The minimum Gasteiger partial charge on any atom is -0.481 e. The summed E-state index contributed by atoms with van der Waals surface area (Å²) in [6.45, 7) is 3.79. The summed E-state index contributed by atoms with van der Waals surface area (Å²) < 4.78 is 0. The van der Waals surface area contributed by atoms with Crippen molar-refractivity contribution in [1.82, 2.24) is 15.5 Å². The maximum Gasteiger partial charge on any atom is 0.326 e. The van der Waals surface area contributed by atoms with Gasteiger partial charge in [-0.25, -0.2) is 4.79 Å². The zero-order valence-corrected chi connectivity index (χ0v) is 19.4. The molecule has 1 fully saturated rings. The van der Waals surface area contributed by atoms with Gasteiger partial charge >= 0.3 is 11.9 Å². The fourth-order valence-corrected chi connectivity index (χ4v) is 3.60. The van der Waals surface area contributed by atoms with Crippen LogP contribution in [0.25, 0.3) is 0 Å². The van der Waals surface area contributed by atoms with Crippen LogP contribution in [0.1, 0.15) is 46.0 Å². The van der Waals surface area contributed by atoms with Crippen molar-refractivity contribution in [1.29, 1.82) is 0 Å². The fraction of sp³-hybridized carbons (Fsp3) is 0.700. The second-order valence-electron chi connectivity index (χ2n) is 8.47. The average molecular weight is 486 g/mol. The highest BCUT2D eigenvalue weighted by Crippen LogP contribution is 2.19. The maximum absolute atomic E-state index is 12.9. The first-order chi connectivity index (χ1) is 15.8. The molecule has 0 aliphatic carbocycles. The molecule has 192 valence electrons. The van der Waals surface area contributed by atoms with Crippen molar-refractivity contribution < 1.29 is 34.2 Å². The van der Waals surface area contributed by atoms with Crippen LogP contribution in [-0.4, -0.2) is 88.0 Å². The molecule has 0 spiro atoms. The van der Waals surface area contributed by atoms with Gasteiger partial charge in [-0.1, -0.05) is 13.8 Å². The van der Waals surface area contributed by atoms with E-state index < -0.39 is 60.2 Å². The molecule has 1 saturated heterocycles. The van der Waals surface area contributed by atoms with Gasteiger partial charge in [-0.2, -0.15) is 0 Å². The van der Waals surface area contributed by atoms with Gasteiger partial charge in [0.25, 0.3) is 0 Å². The van der Waals surface area contributed by atoms with E-state index in [4.69, 9.17) is 22.3 Å². The summed E-state index contributed by atoms with van der Waals surface area (Å²) in [6, 6.07) is -4.46. The highest BCUT2D eigenvalue weighted by atomic mass is 16.4. The minimum atomic E-state index is -1.29. The van der Waals surface area contributed by atoms with E-state index in [0.29, 0.717) is 19.3 Å². The molecule has 0 aromatic carbocycles. The zero-order valence-electron chi connectivity index (χ0n) is 19.4. The minimum absolute atomic E-state index is 0.0724. The molecular weight excluding hydrogens is 450 g/mol. The lowest BCUT2D eigenvalue weighted by molar-refractivity contribution is -0.144. The first-order valence-corrected chi connectivity index (χ1v) is 11.0. The summed E-state index contributed by atoms with van der Waals surface area (Å²) in [4.78, 5) is 65.7. The number of carbonyl (C=O) groups is 5. The Morgan fingerprint density at radius 3 is 2.29 bits per heavy atom. The van der Waals surface area contributed by atoms with E-state index >= 15 is 0 Å². The normalized spacial score (nSPS) is 18.0. The molecule has 0 saturated carbocycles. The molecule has 14 nitrogen and oxygen atoms in total. The second-order valence-corrected chi connectivity index (χ2v) is 8.47. The molecule has 34 heavy (non-hydrogen) atoms. The number of nitrogens with one attached hydrogen (secondary N) is 2. The number of carboxylic acid groups (broad SMARTS) is 2. The van der Waals surface area contributed by atoms with Gasteiger partial charge in [0.1, 0.15) is 18.1 Å². The van der Waals surface area contributed by atoms with E-state index in [9.17, 15) is 29.1 Å². The first-order valence-electron chi connectivity index (χ1n) is 11.0. The molecular formula is C20H35N7O7. The summed E-state index contributed by atoms with van der Waals surface area (Å²) in [5, 5.41) is 23.3. The molecule has 1 aliphatic rings. The molecule has 3 amide bonds. The predicted octanol–water partition coefficient (Wildman–Crippen LogP) is -2.46. The molecule has 1 rings (SSSR count). The SMILES string of the molecule is CC(C)C(NC(=O)C1CCCN1C(=O)C(N)CC(=O)O)C(=O)NC(CCCN=C(N)N)C(=O)O. The van der Waals surface area contributed by atoms with Crippen LogP contribution in [0, 0.1) is 5.92 Å². The van der Waals surface area contributed by atoms with Crippen LogP contribution in [0.3, 0.4) is 0 Å². The molecule has 0 aromatic heterocycles. The van der Waals surface area contributed by atoms with Crippen molar-refractivity contribution >= 4 is 35.6 Å². The van der Waals surface area contributed by atoms with E-state index in [1.54, 1.807) is 13.8 Å². The Hall–Kier alpha value is -3.42. The van der Waals surface area contributed by atoms with Gasteiger partial charge in [0, 0.05) is 13.1 Å². The van der Waals surface area contributed by atoms with Gasteiger partial charge in [0.2, 0.25) is 17.7 Å². The summed E-state index contributed by atoms with van der Waals surface area (Å²) in [7, 11) is 0. The number of aliphatic imine (C=N–C) groups is 1. The van der Waals surface area contributed by atoms with Crippen LogP contribution in [0.5, 0.6) is 0 Å². The predicted molar refractivity (Wildman–Crippen MR) is 121 cm³/mol. The Labute approximate surface area is 197 Å². The highest BCUT2D eigenvalue weighted by molar-refractivity contribution is 5.95. The number of hydrogen-bond acceptors (Lipinski definition) is 7. The smallest absolute Gasteiger partial charge is 0.326 e. The number of guanidine groups is 1. The van der Waals surface area contributed by atoms with E-state index in [-0.39, 0.29) is 31.4 Å². The third-order valence-corrected chi connectivity index (χ3v) is 5.36. The second kappa shape index (κ2) is 13.3. The Kier molecular flexibility index (Phi) is 11.2. The van der Waals surface area contributed by atoms with Crippen molar-refractivity contribution in [3.8, 4) is 0 Å². The standard InChI is InChI=1S/C20H35N7O7/c1-10(2)15(17(31)25-12(19(33)34)5-3-7-24-20(22)23)26-16(30)13-6-4-8-27(13)18(32)11(21)9-14(28)29/h10-13,15H,3-9,21H2,1-2H3,(H,25,31)(H,26,30)(H,28,29)(H,33,34)(H4,22,23,24). The number of nitrogens with two attached hydrogens (primary N) is 3. The van der Waals surface area contributed by atoms with Crippen molar-refractivity contribution in [2.45, 2.75) is 70.1 Å². The van der Waals surface area contributed by atoms with Gasteiger partial charge in [-0.3, -0.25) is 24.2 Å². The van der Waals surface area contributed by atoms with Crippen molar-refractivity contribution in [3.05, 3.63) is 0 Å². The van der Waals surface area contributed by atoms with Crippen LogP contribution in [0.2, 0.25) is 0 Å². The number of carbonyl (C=O) groups excluding carboxylic acids is 3. The molecule has 4 atom stereocenters. The first kappa shape index (κ1) is 28.6. The van der Waals surface area contributed by atoms with Gasteiger partial charge in [0.05, 0.1) is 12.5 Å². The Balaban J connectivity index is 2.83. The summed E-state index contributed by atoms with van der Waals surface area (Å²) in [5.74, 6) is -4.92. The van der Waals surface area contributed by atoms with E-state index in [2.05, 4.69) is 15.6 Å². The van der Waals surface area contributed by atoms with Crippen LogP contribution in [-0.2, 0) is 24.0 Å². The number of likely N-dealkylation sites (tertiary alicyclic amines) is 1. The quantitative estimate of drug-likeness (QED) is 0.0823. The van der Waals surface area contributed by atoms with Crippen molar-refractivity contribution in [2.24, 2.45) is 28.1 Å². The molecule has 4 unspecified atom stereocenters. The molecule has 1 aliphatic heterocycles. The molecule has 0 aromatic rings. The Morgan fingerprint density at radius 1 is 1.12 bits per heavy atom. The molecule has 10 N–H and O–H groups in total. The third kappa shape index (κ3) is 8.84. The van der Waals surface area contributed by atoms with Crippen LogP contribution in [0.4, 0.5) is 0 Å². The van der Waals surface area contributed by atoms with Gasteiger partial charge in [-0.05, 0) is 31.6 Å². The molecule has 0 bridgehead atoms. The summed E-state index contributed by atoms with van der Waals surface area (Å²) >= 11 is 0. The van der Waals surface area contributed by atoms with Gasteiger partial charge in [0.15, 0.2) is 5.96 Å². The third-order valence-electron chi connectivity index (χ3n) is 5.36. The Bertz CT molecular complexity index is 798. The van der Waals surface area contributed by atoms with Gasteiger partial charge in [-0.15, -0.1) is 0 Å². The monoisotopic (exact) mass is 485 g/mol. The lowest BCUT2D eigenvalue weighted by Crippen LogP contribution is -2.58. The molecule has 1 heterocycles. The number of rotatable bonds is 13. The van der Waals surface area contributed by atoms with Crippen LogP contribution >= 0.6 is 0 Å². The number of nitrogens with zero attached hydrogens (tertiary/aromatic N) is 2. The highest BCUT2D eigenvalue weighted by Gasteiger charge is 2.38. The lowest BCUT2D eigenvalue weighted by Gasteiger charge is -2.29. The largest absolute Gasteiger partial charge is 0.481 e. The van der Waals surface area contributed by atoms with E-state index in [1.807, 2.05) is 0 Å². The van der Waals surface area contributed by atoms with Crippen molar-refractivity contribution in [3.63, 3.8) is 0 Å². The molecule has 14 heteroatoms. The van der Waals surface area contributed by atoms with Crippen LogP contribution < -0.4 is 27.8 Å². The average Bonchev–Trinajstić information content (AvgIpc) is 3.22. The topological polar surface area (TPSA) is 244 Å². The fourth-order valence-electron chi connectivity index (χ4n) is 3.60. The maximum atomic E-state index is 12.9. The van der Waals surface area contributed by atoms with Gasteiger partial charge < -0.3 is 42.9 Å². The van der Waals surface area contributed by atoms with Crippen LogP contribution in [0.15, 0.2) is 4.99 Å². The molecule has 0 radical (unpaired) electrons. The lowest BCUT2D eigenvalue weighted by atomic mass is 10.0. The Morgan fingerprint density at radius 2 is 1.76 bits per heavy atom. The van der Waals surface area contributed by atoms with E-state index in [0.717, 1.165) is 0 Å². The number of carboxylic acids is 2. The number of amides is 3. The number of hydrogen-bond donors (Lipinski definition) is 7. The number of aliphatic carboxylic acids is 2. The summed E-state index contributed by atoms with van der Waals surface area (Å²) in [6.07, 6.45) is 0.651.